The van der Waals surface area contributed by atoms with E-state index in [1.807, 2.05) is 0 Å². The minimum atomic E-state index is -3.05. The van der Waals surface area contributed by atoms with Gasteiger partial charge in [-0.3, -0.25) is 4.79 Å². The first kappa shape index (κ1) is 18.7. The van der Waals surface area contributed by atoms with Gasteiger partial charge in [0.2, 0.25) is 0 Å². The first-order valence-corrected chi connectivity index (χ1v) is 8.44. The molecule has 0 saturated carbocycles. The van der Waals surface area contributed by atoms with Crippen LogP contribution < -0.4 is 10.1 Å². The van der Waals surface area contributed by atoms with E-state index in [2.05, 4.69) is 10.1 Å². The van der Waals surface area contributed by atoms with Gasteiger partial charge in [-0.2, -0.15) is 8.78 Å². The standard InChI is InChI=1S/C18H12F3NO4S/c19-11-4-3-7-14-10(11)8-15(27-14)17(24)25-9-16(23)22-12-5-1-2-6-13(12)26-18(20)21/h1-8,18H,9H2,(H,22,23). The minimum Gasteiger partial charge on any atom is -0.451 e. The Hall–Kier alpha value is -3.07. The Balaban J connectivity index is 1.62. The van der Waals surface area contributed by atoms with E-state index < -0.39 is 30.9 Å². The Morgan fingerprint density at radius 3 is 2.63 bits per heavy atom. The molecule has 0 aliphatic rings. The van der Waals surface area contributed by atoms with E-state index in [-0.39, 0.29) is 21.7 Å². The fourth-order valence-electron chi connectivity index (χ4n) is 2.28. The van der Waals surface area contributed by atoms with Crippen molar-refractivity contribution in [2.75, 3.05) is 11.9 Å². The van der Waals surface area contributed by atoms with Crippen LogP contribution in [-0.4, -0.2) is 25.1 Å². The number of ether oxygens (including phenoxy) is 2. The van der Waals surface area contributed by atoms with Crippen LogP contribution >= 0.6 is 11.3 Å². The molecular weight excluding hydrogens is 383 g/mol. The van der Waals surface area contributed by atoms with Crippen LogP contribution in [0, 0.1) is 5.82 Å². The summed E-state index contributed by atoms with van der Waals surface area (Å²) in [6, 6.07) is 11.4. The molecule has 1 heterocycles. The van der Waals surface area contributed by atoms with Gasteiger partial charge in [0.05, 0.1) is 5.69 Å². The third-order valence-electron chi connectivity index (χ3n) is 3.42. The second-order valence-corrected chi connectivity index (χ2v) is 6.35. The molecule has 0 atom stereocenters. The number of amides is 1. The average molecular weight is 395 g/mol. The lowest BCUT2D eigenvalue weighted by molar-refractivity contribution is -0.119. The van der Waals surface area contributed by atoms with Crippen molar-refractivity contribution >= 4 is 39.0 Å². The second kappa shape index (κ2) is 8.09. The van der Waals surface area contributed by atoms with Crippen LogP contribution in [0.4, 0.5) is 18.9 Å². The number of hydrogen-bond donors (Lipinski definition) is 1. The molecule has 0 radical (unpaired) electrons. The van der Waals surface area contributed by atoms with Gasteiger partial charge in [0.15, 0.2) is 6.61 Å². The summed E-state index contributed by atoms with van der Waals surface area (Å²) in [7, 11) is 0. The van der Waals surface area contributed by atoms with Crippen molar-refractivity contribution in [2.45, 2.75) is 6.61 Å². The maximum Gasteiger partial charge on any atom is 0.387 e. The summed E-state index contributed by atoms with van der Waals surface area (Å²) in [6.07, 6.45) is 0. The van der Waals surface area contributed by atoms with Gasteiger partial charge in [0.1, 0.15) is 16.4 Å². The molecule has 1 N–H and O–H groups in total. The van der Waals surface area contributed by atoms with E-state index in [1.54, 1.807) is 6.07 Å². The molecule has 1 amide bonds. The van der Waals surface area contributed by atoms with Gasteiger partial charge in [-0.25, -0.2) is 9.18 Å². The monoisotopic (exact) mass is 395 g/mol. The van der Waals surface area contributed by atoms with Crippen molar-refractivity contribution in [1.29, 1.82) is 0 Å². The highest BCUT2D eigenvalue weighted by Gasteiger charge is 2.16. The number of esters is 1. The summed E-state index contributed by atoms with van der Waals surface area (Å²) in [6.45, 7) is -3.69. The molecule has 9 heteroatoms. The molecule has 0 fully saturated rings. The Labute approximate surface area is 155 Å². The largest absolute Gasteiger partial charge is 0.451 e. The number of thiophene rings is 1. The number of fused-ring (bicyclic) bond motifs is 1. The highest BCUT2D eigenvalue weighted by atomic mass is 32.1. The average Bonchev–Trinajstić information content (AvgIpc) is 3.07. The fourth-order valence-corrected chi connectivity index (χ4v) is 3.25. The predicted molar refractivity (Wildman–Crippen MR) is 93.8 cm³/mol. The van der Waals surface area contributed by atoms with E-state index in [9.17, 15) is 22.8 Å². The van der Waals surface area contributed by atoms with E-state index in [4.69, 9.17) is 4.74 Å². The van der Waals surface area contributed by atoms with Crippen LogP contribution in [-0.2, 0) is 9.53 Å². The smallest absolute Gasteiger partial charge is 0.387 e. The van der Waals surface area contributed by atoms with E-state index in [0.29, 0.717) is 4.70 Å². The van der Waals surface area contributed by atoms with Crippen molar-refractivity contribution < 1.29 is 32.2 Å². The summed E-state index contributed by atoms with van der Waals surface area (Å²) in [5.74, 6) is -2.20. The molecule has 0 spiro atoms. The quantitative estimate of drug-likeness (QED) is 0.627. The van der Waals surface area contributed by atoms with Gasteiger partial charge < -0.3 is 14.8 Å². The first-order valence-electron chi connectivity index (χ1n) is 7.63. The summed E-state index contributed by atoms with van der Waals surface area (Å²) < 4.78 is 48.2. The molecule has 2 aromatic carbocycles. The molecule has 3 rings (SSSR count). The number of carbonyl (C=O) groups is 2. The van der Waals surface area contributed by atoms with Gasteiger partial charge in [0, 0.05) is 10.1 Å². The molecule has 0 saturated heterocycles. The third kappa shape index (κ3) is 4.56. The molecule has 1 aromatic heterocycles. The number of carbonyl (C=O) groups excluding carboxylic acids is 2. The maximum atomic E-state index is 13.7. The number of nitrogens with one attached hydrogen (secondary N) is 1. The first-order chi connectivity index (χ1) is 12.9. The number of rotatable bonds is 6. The van der Waals surface area contributed by atoms with Gasteiger partial charge in [0.25, 0.3) is 5.91 Å². The highest BCUT2D eigenvalue weighted by molar-refractivity contribution is 7.20. The molecule has 3 aromatic rings. The summed E-state index contributed by atoms with van der Waals surface area (Å²) >= 11 is 1.03. The van der Waals surface area contributed by atoms with Crippen molar-refractivity contribution in [3.05, 3.63) is 59.2 Å². The molecule has 0 bridgehead atoms. The molecule has 0 unspecified atom stereocenters. The number of alkyl halides is 2. The van der Waals surface area contributed by atoms with Crippen LogP contribution in [0.5, 0.6) is 5.75 Å². The molecule has 27 heavy (non-hydrogen) atoms. The Morgan fingerprint density at radius 1 is 1.11 bits per heavy atom. The minimum absolute atomic E-state index is 0.0165. The number of hydrogen-bond acceptors (Lipinski definition) is 5. The lowest BCUT2D eigenvalue weighted by Gasteiger charge is -2.11. The number of halogens is 3. The SMILES string of the molecule is O=C(COC(=O)c1cc2c(F)cccc2s1)Nc1ccccc1OC(F)F. The van der Waals surface area contributed by atoms with E-state index >= 15 is 0 Å². The predicted octanol–water partition coefficient (Wildman–Crippen LogP) is 4.44. The maximum absolute atomic E-state index is 13.7. The lowest BCUT2D eigenvalue weighted by Crippen LogP contribution is -2.21. The Morgan fingerprint density at radius 2 is 1.89 bits per heavy atom. The molecule has 0 aliphatic heterocycles. The van der Waals surface area contributed by atoms with Gasteiger partial charge in [-0.05, 0) is 30.3 Å². The topological polar surface area (TPSA) is 64.6 Å². The van der Waals surface area contributed by atoms with Gasteiger partial charge >= 0.3 is 12.6 Å². The molecule has 5 nitrogen and oxygen atoms in total. The zero-order chi connectivity index (χ0) is 19.4. The molecule has 0 aliphatic carbocycles. The summed E-state index contributed by atoms with van der Waals surface area (Å²) in [5.41, 5.74) is 0.0165. The van der Waals surface area contributed by atoms with E-state index in [0.717, 1.165) is 11.3 Å². The van der Waals surface area contributed by atoms with Crippen molar-refractivity contribution in [2.24, 2.45) is 0 Å². The lowest BCUT2D eigenvalue weighted by atomic mass is 10.2. The summed E-state index contributed by atoms with van der Waals surface area (Å²) in [5, 5.41) is 2.62. The molecule has 140 valence electrons. The van der Waals surface area contributed by atoms with Crippen LogP contribution in [0.1, 0.15) is 9.67 Å². The van der Waals surface area contributed by atoms with Gasteiger partial charge in [-0.1, -0.05) is 18.2 Å². The normalized spacial score (nSPS) is 10.8. The van der Waals surface area contributed by atoms with Crippen molar-refractivity contribution in [3.8, 4) is 5.75 Å². The zero-order valence-electron chi connectivity index (χ0n) is 13.6. The zero-order valence-corrected chi connectivity index (χ0v) is 14.4. The van der Waals surface area contributed by atoms with E-state index in [1.165, 1.54) is 42.5 Å². The molecular formula is C18H12F3NO4S. The Bertz CT molecular complexity index is 990. The third-order valence-corrected chi connectivity index (χ3v) is 4.50. The highest BCUT2D eigenvalue weighted by Crippen LogP contribution is 2.28. The second-order valence-electron chi connectivity index (χ2n) is 5.26. The van der Waals surface area contributed by atoms with Crippen LogP contribution in [0.2, 0.25) is 0 Å². The number of para-hydroxylation sites is 2. The summed E-state index contributed by atoms with van der Waals surface area (Å²) in [4.78, 5) is 24.1. The van der Waals surface area contributed by atoms with Crippen LogP contribution in [0.15, 0.2) is 48.5 Å². The van der Waals surface area contributed by atoms with Crippen molar-refractivity contribution in [1.82, 2.24) is 0 Å². The van der Waals surface area contributed by atoms with Crippen LogP contribution in [0.3, 0.4) is 0 Å². The number of benzene rings is 2. The Kier molecular flexibility index (Phi) is 5.60. The van der Waals surface area contributed by atoms with Crippen LogP contribution in [0.25, 0.3) is 10.1 Å². The van der Waals surface area contributed by atoms with Crippen molar-refractivity contribution in [3.63, 3.8) is 0 Å². The number of anilines is 1. The fraction of sp³-hybridized carbons (Fsp3) is 0.111. The van der Waals surface area contributed by atoms with Gasteiger partial charge in [-0.15, -0.1) is 11.3 Å².